The van der Waals surface area contributed by atoms with Crippen LogP contribution in [-0.4, -0.2) is 45.8 Å². The predicted octanol–water partition coefficient (Wildman–Crippen LogP) is 14.0. The molecule has 0 bridgehead atoms. The lowest BCUT2D eigenvalue weighted by Crippen LogP contribution is -3.00. The molecule has 52 heavy (non-hydrogen) atoms. The molecule has 0 saturated heterocycles. The molecule has 0 amide bonds. The molecule has 0 aromatic rings. The summed E-state index contributed by atoms with van der Waals surface area (Å²) in [5.74, 6) is 0. The third-order valence-corrected chi connectivity index (χ3v) is 11.2. The molecule has 2 nitrogen and oxygen atoms in total. The van der Waals surface area contributed by atoms with Crippen molar-refractivity contribution in [2.24, 2.45) is 0 Å². The molecular formula is C48H104Cl2N2. The first-order valence-corrected chi connectivity index (χ1v) is 23.9. The van der Waals surface area contributed by atoms with Gasteiger partial charge in [0, 0.05) is 0 Å². The van der Waals surface area contributed by atoms with Gasteiger partial charge in [-0.3, -0.25) is 0 Å². The summed E-state index contributed by atoms with van der Waals surface area (Å²) >= 11 is 0. The molecule has 0 aromatic carbocycles. The number of rotatable bonds is 42. The highest BCUT2D eigenvalue weighted by Crippen LogP contribution is 2.17. The molecule has 0 saturated carbocycles. The van der Waals surface area contributed by atoms with Crippen LogP contribution in [0.5, 0.6) is 0 Å². The molecule has 0 fully saturated rings. The Balaban J connectivity index is -0.00000222. The average Bonchev–Trinajstić information content (AvgIpc) is 3.10. The standard InChI is InChI=1S/C46H96N.C2H7N.2ClH/c1-5-7-9-11-13-15-17-19-21-23-25-27-29-31-33-35-37-39-41-43-45-47(3,4)46-44-42-40-38-36-34-32-30-28-26-24-22-20-18-16-14-12-10-8-6-2;1-3-2;;/h5-46H2,1-4H3;3H,1-2H3;2*1H/q+1;;;/p-1. The Morgan fingerprint density at radius 1 is 0.269 bits per heavy atom. The molecule has 0 atom stereocenters. The van der Waals surface area contributed by atoms with Crippen molar-refractivity contribution in [3.63, 3.8) is 0 Å². The number of nitrogens with zero attached hydrogens (tertiary/aromatic N) is 1. The van der Waals surface area contributed by atoms with Crippen molar-refractivity contribution in [1.82, 2.24) is 5.32 Å². The van der Waals surface area contributed by atoms with E-state index >= 15 is 0 Å². The van der Waals surface area contributed by atoms with Crippen LogP contribution >= 0.6 is 12.4 Å². The maximum absolute atomic E-state index is 2.75. The number of quaternary nitrogens is 1. The zero-order valence-electron chi connectivity index (χ0n) is 37.4. The van der Waals surface area contributed by atoms with Crippen LogP contribution < -0.4 is 17.7 Å². The smallest absolute Gasteiger partial charge is 0.0782 e. The molecule has 0 unspecified atom stereocenters. The van der Waals surface area contributed by atoms with Gasteiger partial charge >= 0.3 is 0 Å². The largest absolute Gasteiger partial charge is 1.00 e. The number of halogens is 2. The monoisotopic (exact) mass is 779 g/mol. The van der Waals surface area contributed by atoms with Crippen molar-refractivity contribution in [3.8, 4) is 0 Å². The summed E-state index contributed by atoms with van der Waals surface area (Å²) in [5.41, 5.74) is 0. The van der Waals surface area contributed by atoms with E-state index in [1.165, 1.54) is 274 Å². The lowest BCUT2D eigenvalue weighted by Gasteiger charge is -2.30. The summed E-state index contributed by atoms with van der Waals surface area (Å²) in [5, 5.41) is 2.75. The lowest BCUT2D eigenvalue weighted by atomic mass is 10.0. The van der Waals surface area contributed by atoms with Crippen molar-refractivity contribution >= 4 is 12.4 Å². The maximum Gasteiger partial charge on any atom is 0.0782 e. The maximum atomic E-state index is 2.75. The van der Waals surface area contributed by atoms with E-state index in [9.17, 15) is 0 Å². The van der Waals surface area contributed by atoms with Gasteiger partial charge in [0.1, 0.15) is 0 Å². The highest BCUT2D eigenvalue weighted by atomic mass is 35.5. The van der Waals surface area contributed by atoms with E-state index in [1.54, 1.807) is 0 Å². The number of hydrogen-bond acceptors (Lipinski definition) is 1. The third kappa shape index (κ3) is 57.2. The fourth-order valence-corrected chi connectivity index (χ4v) is 7.70. The van der Waals surface area contributed by atoms with Crippen LogP contribution in [0.4, 0.5) is 0 Å². The van der Waals surface area contributed by atoms with Crippen molar-refractivity contribution in [2.75, 3.05) is 41.3 Å². The number of hydrogen-bond donors (Lipinski definition) is 1. The van der Waals surface area contributed by atoms with Crippen LogP contribution in [0.2, 0.25) is 0 Å². The second-order valence-electron chi connectivity index (χ2n) is 17.3. The van der Waals surface area contributed by atoms with E-state index < -0.39 is 0 Å². The SMILES string of the molecule is CCCCCCCCCCCCCCCCCCCCCC[N+](C)(C)CCCCCCCCCCCCCCCCCCCCCC.CNC.Cl.[Cl-]. The predicted molar refractivity (Wildman–Crippen MR) is 240 cm³/mol. The van der Waals surface area contributed by atoms with Gasteiger partial charge in [-0.05, 0) is 39.8 Å². The van der Waals surface area contributed by atoms with E-state index in [-0.39, 0.29) is 24.8 Å². The van der Waals surface area contributed by atoms with E-state index in [2.05, 4.69) is 33.3 Å². The fourth-order valence-electron chi connectivity index (χ4n) is 7.70. The second-order valence-corrected chi connectivity index (χ2v) is 17.3. The van der Waals surface area contributed by atoms with Gasteiger partial charge < -0.3 is 22.2 Å². The molecule has 0 aliphatic heterocycles. The summed E-state index contributed by atoms with van der Waals surface area (Å²) in [6.45, 7) is 7.40. The minimum Gasteiger partial charge on any atom is -1.00 e. The van der Waals surface area contributed by atoms with Crippen LogP contribution in [0.15, 0.2) is 0 Å². The summed E-state index contributed by atoms with van der Waals surface area (Å²) in [4.78, 5) is 0. The van der Waals surface area contributed by atoms with Crippen molar-refractivity contribution in [2.45, 2.75) is 271 Å². The summed E-state index contributed by atoms with van der Waals surface area (Å²) in [6.07, 6.45) is 58.9. The summed E-state index contributed by atoms with van der Waals surface area (Å²) in [7, 11) is 8.70. The Kier molecular flexibility index (Phi) is 61.0. The highest BCUT2D eigenvalue weighted by molar-refractivity contribution is 5.85. The van der Waals surface area contributed by atoms with Crippen LogP contribution in [-0.2, 0) is 0 Å². The van der Waals surface area contributed by atoms with Gasteiger partial charge in [0.25, 0.3) is 0 Å². The molecule has 0 aliphatic rings. The first-order valence-electron chi connectivity index (χ1n) is 23.9. The zero-order valence-corrected chi connectivity index (χ0v) is 39.0. The Bertz CT molecular complexity index is 525. The number of unbranched alkanes of at least 4 members (excludes halogenated alkanes) is 38. The first-order chi connectivity index (χ1) is 24.5. The van der Waals surface area contributed by atoms with Gasteiger partial charge in [0.05, 0.1) is 27.2 Å². The molecule has 1 N–H and O–H groups in total. The van der Waals surface area contributed by atoms with Gasteiger partial charge in [0.15, 0.2) is 0 Å². The van der Waals surface area contributed by atoms with Gasteiger partial charge in [0.2, 0.25) is 0 Å². The first kappa shape index (κ1) is 59.2. The van der Waals surface area contributed by atoms with Crippen LogP contribution in [0.1, 0.15) is 271 Å². The van der Waals surface area contributed by atoms with Gasteiger partial charge in [-0.15, -0.1) is 12.4 Å². The lowest BCUT2D eigenvalue weighted by molar-refractivity contribution is -0.890. The molecule has 0 aromatic heterocycles. The molecule has 0 rings (SSSR count). The van der Waals surface area contributed by atoms with Gasteiger partial charge in [-0.1, -0.05) is 245 Å². The van der Waals surface area contributed by atoms with E-state index in [4.69, 9.17) is 0 Å². The average molecular weight is 780 g/mol. The Labute approximate surface area is 345 Å². The third-order valence-electron chi connectivity index (χ3n) is 11.2. The van der Waals surface area contributed by atoms with Gasteiger partial charge in [-0.25, -0.2) is 0 Å². The normalized spacial score (nSPS) is 11.2. The summed E-state index contributed by atoms with van der Waals surface area (Å²) < 4.78 is 1.25. The Morgan fingerprint density at radius 2 is 0.385 bits per heavy atom. The molecule has 0 heterocycles. The fraction of sp³-hybridized carbons (Fsp3) is 1.00. The van der Waals surface area contributed by atoms with Crippen LogP contribution in [0.3, 0.4) is 0 Å². The molecule has 4 heteroatoms. The van der Waals surface area contributed by atoms with Gasteiger partial charge in [-0.2, -0.15) is 0 Å². The van der Waals surface area contributed by atoms with Crippen LogP contribution in [0.25, 0.3) is 0 Å². The topological polar surface area (TPSA) is 12.0 Å². The molecular weight excluding hydrogens is 675 g/mol. The van der Waals surface area contributed by atoms with E-state index in [1.807, 2.05) is 14.1 Å². The van der Waals surface area contributed by atoms with E-state index in [0.717, 1.165) is 0 Å². The quantitative estimate of drug-likeness (QED) is 0.0481. The summed E-state index contributed by atoms with van der Waals surface area (Å²) in [6, 6.07) is 0. The molecule has 0 spiro atoms. The minimum absolute atomic E-state index is 0. The zero-order chi connectivity index (χ0) is 36.9. The highest BCUT2D eigenvalue weighted by Gasteiger charge is 2.13. The second kappa shape index (κ2) is 53.6. The van der Waals surface area contributed by atoms with E-state index in [0.29, 0.717) is 0 Å². The molecule has 0 aliphatic carbocycles. The van der Waals surface area contributed by atoms with Crippen LogP contribution in [0, 0.1) is 0 Å². The van der Waals surface area contributed by atoms with Crippen molar-refractivity contribution in [1.29, 1.82) is 0 Å². The van der Waals surface area contributed by atoms with Crippen molar-refractivity contribution < 1.29 is 16.9 Å². The Morgan fingerprint density at radius 3 is 0.519 bits per heavy atom. The Hall–Kier alpha value is 0.500. The van der Waals surface area contributed by atoms with Crippen molar-refractivity contribution in [3.05, 3.63) is 0 Å². The molecule has 0 radical (unpaired) electrons. The minimum atomic E-state index is 0. The molecule has 320 valence electrons. The number of nitrogens with one attached hydrogen (secondary N) is 1.